The van der Waals surface area contributed by atoms with E-state index in [4.69, 9.17) is 0 Å². The van der Waals surface area contributed by atoms with Crippen LogP contribution in [0, 0.1) is 27.7 Å². The van der Waals surface area contributed by atoms with Gasteiger partial charge in [-0.2, -0.15) is 0 Å². The first-order valence-electron chi connectivity index (χ1n) is 33.7. The first-order chi connectivity index (χ1) is 46.0. The topological polar surface area (TPSA) is 16.3 Å². The van der Waals surface area contributed by atoms with Crippen LogP contribution in [-0.4, -0.2) is 15.8 Å². The molecule has 0 saturated heterocycles. The molecule has 458 valence electrons. The molecule has 0 radical (unpaired) electrons. The normalized spacial score (nSPS) is 12.9. The van der Waals surface area contributed by atoms with Crippen molar-refractivity contribution >= 4 is 101 Å². The van der Waals surface area contributed by atoms with E-state index in [0.717, 1.165) is 67.8 Å². The van der Waals surface area contributed by atoms with Crippen molar-refractivity contribution < 1.29 is 0 Å². The fourth-order valence-corrected chi connectivity index (χ4v) is 15.7. The molecule has 13 aromatic carbocycles. The zero-order valence-corrected chi connectivity index (χ0v) is 55.8. The van der Waals surface area contributed by atoms with Crippen LogP contribution in [0.4, 0.5) is 34.1 Å². The van der Waals surface area contributed by atoms with Crippen molar-refractivity contribution in [3.05, 3.63) is 306 Å². The van der Waals surface area contributed by atoms with Crippen LogP contribution in [0.3, 0.4) is 0 Å². The maximum Gasteiger partial charge on any atom is 0.252 e. The molecule has 0 bridgehead atoms. The Labute approximate surface area is 558 Å². The van der Waals surface area contributed by atoms with E-state index in [0.29, 0.717) is 0 Å². The third-order valence-corrected chi connectivity index (χ3v) is 20.4. The molecule has 4 heterocycles. The smallest absolute Gasteiger partial charge is 0.252 e. The minimum atomic E-state index is -0.197. The summed E-state index contributed by atoms with van der Waals surface area (Å²) >= 11 is 0. The second-order valence-electron chi connectivity index (χ2n) is 28.9. The summed E-state index contributed by atoms with van der Waals surface area (Å²) in [6.45, 7) is 22.7. The second kappa shape index (κ2) is 21.9. The van der Waals surface area contributed by atoms with Crippen LogP contribution in [0.1, 0.15) is 74.9 Å². The minimum absolute atomic E-state index is 0.168. The molecule has 0 fully saturated rings. The Hall–Kier alpha value is -10.9. The van der Waals surface area contributed by atoms with Crippen molar-refractivity contribution in [2.24, 2.45) is 0 Å². The highest BCUT2D eigenvalue weighted by Gasteiger charge is 2.46. The van der Waals surface area contributed by atoms with E-state index in [1.807, 2.05) is 0 Å². The summed E-state index contributed by atoms with van der Waals surface area (Å²) in [6, 6.07) is 105. The van der Waals surface area contributed by atoms with E-state index < -0.39 is 0 Å². The molecule has 0 amide bonds. The van der Waals surface area contributed by atoms with Crippen LogP contribution in [-0.2, 0) is 10.8 Å². The van der Waals surface area contributed by atoms with Crippen LogP contribution in [0.2, 0.25) is 0 Å². The number of fused-ring (bicyclic) bond motifs is 10. The fourth-order valence-electron chi connectivity index (χ4n) is 15.7. The van der Waals surface area contributed by atoms with Gasteiger partial charge in [-0.25, -0.2) is 0 Å². The van der Waals surface area contributed by atoms with Gasteiger partial charge in [-0.3, -0.25) is 0 Å². The van der Waals surface area contributed by atoms with Gasteiger partial charge in [-0.1, -0.05) is 228 Å². The molecule has 2 aliphatic heterocycles. The summed E-state index contributed by atoms with van der Waals surface area (Å²) in [6.07, 6.45) is 0. The van der Waals surface area contributed by atoms with Gasteiger partial charge in [0.25, 0.3) is 6.71 Å². The Bertz CT molecular complexity index is 5020. The molecular weight excluding hydrogens is 1150 g/mol. The van der Waals surface area contributed by atoms with E-state index in [9.17, 15) is 0 Å². The lowest BCUT2D eigenvalue weighted by Crippen LogP contribution is -2.61. The summed E-state index contributed by atoms with van der Waals surface area (Å²) in [7, 11) is 0. The molecule has 17 rings (SSSR count). The SMILES string of the molecule is Cc1ccc2c(c1)c1cc(C)ccc1n2-c1ccc2c(c1)N(c1c(-c3ccccc3)cc(C(C)(C)C)cc1-c1ccccc1)c1cccc3c1B2c1ccc(-n2c4ccc(C)cc4c4cc(C)ccc42)cc1N3c1c(-c2ccccc2)cc(C(C)(C)C)cc1-c1ccccc1. The standard InChI is InChI=1S/C90H75BN4/c1-56-34-42-78-72(46-56)73-47-57(2)35-43-79(73)92(78)66-38-40-76-84(54-66)94(87-68(60-24-15-11-16-25-60)50-64(89(5,6)7)51-69(87)61-26-17-12-18-27-61)82-32-23-33-83-86(82)91(76)77-41-39-67(93-80-44-36-58(3)48-74(80)75-49-59(4)37-45-81(75)93)55-85(77)95(83)88-70(62-28-19-13-20-29-62)52-65(90(8,9)10)53-71(88)63-30-21-14-22-31-63/h11-55H,1-10H3. The molecule has 0 aliphatic carbocycles. The average molecular weight is 1220 g/mol. The first kappa shape index (κ1) is 58.0. The molecule has 5 heteroatoms. The number of aryl methyl sites for hydroxylation is 4. The van der Waals surface area contributed by atoms with Gasteiger partial charge in [0.2, 0.25) is 0 Å². The summed E-state index contributed by atoms with van der Waals surface area (Å²) < 4.78 is 5.03. The number of aromatic nitrogens is 2. The monoisotopic (exact) mass is 1220 g/mol. The summed E-state index contributed by atoms with van der Waals surface area (Å²) in [5, 5.41) is 5.04. The molecule has 0 saturated carbocycles. The number of benzene rings is 13. The number of hydrogen-bond donors (Lipinski definition) is 0. The Balaban J connectivity index is 1.04. The van der Waals surface area contributed by atoms with Crippen molar-refractivity contribution in [2.45, 2.75) is 80.1 Å². The van der Waals surface area contributed by atoms with Gasteiger partial charge >= 0.3 is 0 Å². The van der Waals surface area contributed by atoms with Crippen molar-refractivity contribution in [1.29, 1.82) is 0 Å². The van der Waals surface area contributed by atoms with Crippen molar-refractivity contribution in [2.75, 3.05) is 9.80 Å². The molecule has 0 spiro atoms. The van der Waals surface area contributed by atoms with E-state index in [1.54, 1.807) is 0 Å². The number of rotatable bonds is 8. The largest absolute Gasteiger partial charge is 0.310 e. The Morgan fingerprint density at radius 3 is 0.853 bits per heavy atom. The number of nitrogens with zero attached hydrogens (tertiary/aromatic N) is 4. The molecule has 15 aromatic rings. The fraction of sp³-hybridized carbons (Fsp3) is 0.133. The van der Waals surface area contributed by atoms with Gasteiger partial charge in [0.15, 0.2) is 0 Å². The molecule has 0 N–H and O–H groups in total. The van der Waals surface area contributed by atoms with Gasteiger partial charge < -0.3 is 18.9 Å². The Kier molecular flexibility index (Phi) is 13.3. The lowest BCUT2D eigenvalue weighted by Gasteiger charge is -2.46. The maximum atomic E-state index is 2.69. The average Bonchev–Trinajstić information content (AvgIpc) is 1.05. The van der Waals surface area contributed by atoms with Crippen molar-refractivity contribution in [3.8, 4) is 55.9 Å². The molecule has 0 atom stereocenters. The van der Waals surface area contributed by atoms with Crippen LogP contribution in [0.5, 0.6) is 0 Å². The van der Waals surface area contributed by atoms with E-state index in [2.05, 4.69) is 361 Å². The second-order valence-corrected chi connectivity index (χ2v) is 28.9. The van der Waals surface area contributed by atoms with E-state index in [1.165, 1.54) is 116 Å². The molecular formula is C90H75BN4. The summed E-state index contributed by atoms with van der Waals surface area (Å²) in [4.78, 5) is 5.37. The van der Waals surface area contributed by atoms with Crippen molar-refractivity contribution in [1.82, 2.24) is 9.13 Å². The third-order valence-electron chi connectivity index (χ3n) is 20.4. The molecule has 4 nitrogen and oxygen atoms in total. The van der Waals surface area contributed by atoms with Gasteiger partial charge in [-0.05, 0) is 197 Å². The maximum absolute atomic E-state index is 2.69. The molecule has 2 aromatic heterocycles. The van der Waals surface area contributed by atoms with Gasteiger partial charge in [-0.15, -0.1) is 0 Å². The van der Waals surface area contributed by atoms with Gasteiger partial charge in [0.05, 0.1) is 33.4 Å². The highest BCUT2D eigenvalue weighted by Crippen LogP contribution is 2.55. The number of anilines is 6. The van der Waals surface area contributed by atoms with Crippen LogP contribution < -0.4 is 26.2 Å². The Morgan fingerprint density at radius 2 is 0.568 bits per heavy atom. The zero-order valence-electron chi connectivity index (χ0n) is 55.8. The van der Waals surface area contributed by atoms with Crippen LogP contribution in [0.25, 0.3) is 99.5 Å². The van der Waals surface area contributed by atoms with Crippen LogP contribution >= 0.6 is 0 Å². The van der Waals surface area contributed by atoms with Gasteiger partial charge in [0.1, 0.15) is 0 Å². The van der Waals surface area contributed by atoms with Crippen LogP contribution in [0.15, 0.2) is 273 Å². The van der Waals surface area contributed by atoms with Gasteiger partial charge in [0, 0.05) is 77.9 Å². The predicted molar refractivity (Wildman–Crippen MR) is 407 cm³/mol. The minimum Gasteiger partial charge on any atom is -0.310 e. The lowest BCUT2D eigenvalue weighted by atomic mass is 9.33. The first-order valence-corrected chi connectivity index (χ1v) is 33.7. The molecule has 2 aliphatic rings. The lowest BCUT2D eigenvalue weighted by molar-refractivity contribution is 0.590. The summed E-state index contributed by atoms with van der Waals surface area (Å²) in [5.74, 6) is 0. The third kappa shape index (κ3) is 9.41. The Morgan fingerprint density at radius 1 is 0.274 bits per heavy atom. The highest BCUT2D eigenvalue weighted by molar-refractivity contribution is 7.00. The number of hydrogen-bond acceptors (Lipinski definition) is 2. The molecule has 0 unspecified atom stereocenters. The van der Waals surface area contributed by atoms with E-state index >= 15 is 0 Å². The highest BCUT2D eigenvalue weighted by atomic mass is 15.2. The summed E-state index contributed by atoms with van der Waals surface area (Å²) in [5.41, 5.74) is 34.1. The quantitative estimate of drug-likeness (QED) is 0.141. The predicted octanol–water partition coefficient (Wildman–Crippen LogP) is 22.5. The molecule has 95 heavy (non-hydrogen) atoms. The van der Waals surface area contributed by atoms with E-state index in [-0.39, 0.29) is 17.5 Å². The van der Waals surface area contributed by atoms with Crippen molar-refractivity contribution in [3.63, 3.8) is 0 Å². The zero-order chi connectivity index (χ0) is 64.8.